The zero-order valence-electron chi connectivity index (χ0n) is 11.8. The lowest BCUT2D eigenvalue weighted by Gasteiger charge is -2.32. The molecule has 18 heavy (non-hydrogen) atoms. The van der Waals surface area contributed by atoms with Crippen LogP contribution in [0.15, 0.2) is 0 Å². The van der Waals surface area contributed by atoms with Crippen LogP contribution in [0.25, 0.3) is 0 Å². The Hall–Kier alpha value is -0.810. The normalized spacial score (nSPS) is 27.7. The second-order valence-electron chi connectivity index (χ2n) is 6.57. The Labute approximate surface area is 110 Å². The van der Waals surface area contributed by atoms with Gasteiger partial charge in [-0.05, 0) is 52.7 Å². The van der Waals surface area contributed by atoms with Crippen molar-refractivity contribution in [2.24, 2.45) is 11.7 Å². The van der Waals surface area contributed by atoms with Gasteiger partial charge >= 0.3 is 6.03 Å². The number of nitrogens with two attached hydrogens (primary N) is 1. The summed E-state index contributed by atoms with van der Waals surface area (Å²) in [5.74, 6) is 0.621. The van der Waals surface area contributed by atoms with Crippen molar-refractivity contribution in [1.29, 1.82) is 0 Å². The third kappa shape index (κ3) is 3.36. The summed E-state index contributed by atoms with van der Waals surface area (Å²) in [4.78, 5) is 16.1. The van der Waals surface area contributed by atoms with E-state index in [1.54, 1.807) is 0 Å². The Morgan fingerprint density at radius 3 is 2.56 bits per heavy atom. The van der Waals surface area contributed by atoms with Crippen LogP contribution >= 0.6 is 0 Å². The molecule has 0 radical (unpaired) electrons. The first-order chi connectivity index (χ1) is 8.35. The molecule has 3 N–H and O–H groups in total. The van der Waals surface area contributed by atoms with Gasteiger partial charge in [0.15, 0.2) is 0 Å². The zero-order chi connectivity index (χ0) is 13.3. The lowest BCUT2D eigenvalue weighted by atomic mass is 9.90. The van der Waals surface area contributed by atoms with E-state index in [1.807, 2.05) is 18.7 Å². The van der Waals surface area contributed by atoms with Gasteiger partial charge in [0.2, 0.25) is 0 Å². The van der Waals surface area contributed by atoms with Crippen molar-refractivity contribution < 1.29 is 4.79 Å². The van der Waals surface area contributed by atoms with Crippen LogP contribution in [0.3, 0.4) is 0 Å². The Morgan fingerprint density at radius 1 is 1.39 bits per heavy atom. The molecule has 0 aromatic carbocycles. The predicted octanol–water partition coefficient (Wildman–Crippen LogP) is 0.459. The fraction of sp³-hybridized carbons (Fsp3) is 0.923. The van der Waals surface area contributed by atoms with Gasteiger partial charge < -0.3 is 20.9 Å². The number of amides is 2. The molecule has 2 saturated heterocycles. The number of rotatable bonds is 3. The molecule has 0 saturated carbocycles. The summed E-state index contributed by atoms with van der Waals surface area (Å²) < 4.78 is 0. The summed E-state index contributed by atoms with van der Waals surface area (Å²) in [7, 11) is 2.16. The van der Waals surface area contributed by atoms with Crippen molar-refractivity contribution in [2.45, 2.75) is 38.3 Å². The van der Waals surface area contributed by atoms with Gasteiger partial charge in [0.05, 0.1) is 6.04 Å². The van der Waals surface area contributed by atoms with Crippen LogP contribution in [0.5, 0.6) is 0 Å². The molecule has 0 aliphatic carbocycles. The van der Waals surface area contributed by atoms with Crippen LogP contribution in [-0.4, -0.2) is 60.6 Å². The summed E-state index contributed by atoms with van der Waals surface area (Å²) in [5, 5.41) is 3.12. The van der Waals surface area contributed by atoms with Crippen molar-refractivity contribution in [3.8, 4) is 0 Å². The summed E-state index contributed by atoms with van der Waals surface area (Å²) in [6.45, 7) is 7.64. The number of carbonyl (C=O) groups is 1. The molecule has 5 nitrogen and oxygen atoms in total. The average Bonchev–Trinajstić information content (AvgIpc) is 2.59. The minimum Gasteiger partial charge on any atom is -0.333 e. The summed E-state index contributed by atoms with van der Waals surface area (Å²) in [5.41, 5.74) is 5.67. The number of carbonyl (C=O) groups excluding carboxylic acids is 1. The molecule has 1 atom stereocenters. The molecule has 2 amide bonds. The van der Waals surface area contributed by atoms with Gasteiger partial charge in [-0.2, -0.15) is 0 Å². The Balaban J connectivity index is 1.88. The van der Waals surface area contributed by atoms with E-state index < -0.39 is 0 Å². The largest absolute Gasteiger partial charge is 0.333 e. The second-order valence-corrected chi connectivity index (χ2v) is 6.57. The van der Waals surface area contributed by atoms with Gasteiger partial charge in [-0.1, -0.05) is 0 Å². The molecule has 2 fully saturated rings. The number of piperidine rings is 1. The molecular formula is C13H26N4O. The molecule has 1 unspecified atom stereocenters. The highest BCUT2D eigenvalue weighted by Gasteiger charge is 2.36. The maximum absolute atomic E-state index is 11.9. The van der Waals surface area contributed by atoms with Crippen molar-refractivity contribution in [2.75, 3.05) is 33.2 Å². The maximum atomic E-state index is 11.9. The number of urea groups is 1. The molecule has 0 aromatic heterocycles. The van der Waals surface area contributed by atoms with Crippen LogP contribution in [0.1, 0.15) is 26.7 Å². The summed E-state index contributed by atoms with van der Waals surface area (Å²) in [6.07, 6.45) is 2.36. The molecule has 0 bridgehead atoms. The van der Waals surface area contributed by atoms with Crippen molar-refractivity contribution in [3.05, 3.63) is 0 Å². The smallest absolute Gasteiger partial charge is 0.317 e. The summed E-state index contributed by atoms with van der Waals surface area (Å²) >= 11 is 0. The molecule has 5 heteroatoms. The first-order valence-electron chi connectivity index (χ1n) is 6.88. The van der Waals surface area contributed by atoms with Crippen molar-refractivity contribution in [1.82, 2.24) is 15.1 Å². The average molecular weight is 254 g/mol. The fourth-order valence-corrected chi connectivity index (χ4v) is 2.94. The van der Waals surface area contributed by atoms with Crippen molar-refractivity contribution >= 4 is 6.03 Å². The van der Waals surface area contributed by atoms with Gasteiger partial charge in [-0.15, -0.1) is 0 Å². The minimum atomic E-state index is -0.320. The lowest BCUT2D eigenvalue weighted by molar-refractivity contribution is 0.188. The quantitative estimate of drug-likeness (QED) is 0.769. The van der Waals surface area contributed by atoms with Gasteiger partial charge in [0, 0.05) is 18.6 Å². The zero-order valence-corrected chi connectivity index (χ0v) is 11.8. The van der Waals surface area contributed by atoms with Gasteiger partial charge in [0.1, 0.15) is 0 Å². The predicted molar refractivity (Wildman–Crippen MR) is 72.4 cm³/mol. The molecule has 2 aliphatic rings. The minimum absolute atomic E-state index is 0.0532. The van der Waals surface area contributed by atoms with Crippen LogP contribution in [0.2, 0.25) is 0 Å². The van der Waals surface area contributed by atoms with Crippen LogP contribution < -0.4 is 11.1 Å². The van der Waals surface area contributed by atoms with E-state index in [-0.39, 0.29) is 11.6 Å². The number of nitrogens with one attached hydrogen (secondary N) is 1. The highest BCUT2D eigenvalue weighted by atomic mass is 16.2. The van der Waals surface area contributed by atoms with E-state index >= 15 is 0 Å². The third-order valence-corrected chi connectivity index (χ3v) is 3.94. The molecule has 0 spiro atoms. The first-order valence-corrected chi connectivity index (χ1v) is 6.88. The third-order valence-electron chi connectivity index (χ3n) is 3.94. The van der Waals surface area contributed by atoms with Gasteiger partial charge in [-0.25, -0.2) is 4.79 Å². The molecule has 2 heterocycles. The number of nitrogens with zero attached hydrogens (tertiary/aromatic N) is 2. The number of hydrogen-bond donors (Lipinski definition) is 2. The highest BCUT2D eigenvalue weighted by molar-refractivity contribution is 5.77. The first kappa shape index (κ1) is 13.6. The van der Waals surface area contributed by atoms with E-state index in [9.17, 15) is 4.79 Å². The maximum Gasteiger partial charge on any atom is 0.317 e. The Kier molecular flexibility index (Phi) is 3.82. The monoisotopic (exact) mass is 254 g/mol. The molecular weight excluding hydrogens is 228 g/mol. The van der Waals surface area contributed by atoms with Gasteiger partial charge in [0.25, 0.3) is 0 Å². The highest BCUT2D eigenvalue weighted by Crippen LogP contribution is 2.23. The van der Waals surface area contributed by atoms with Crippen LogP contribution in [-0.2, 0) is 0 Å². The van der Waals surface area contributed by atoms with E-state index in [0.29, 0.717) is 18.5 Å². The van der Waals surface area contributed by atoms with Crippen molar-refractivity contribution in [3.63, 3.8) is 0 Å². The fourth-order valence-electron chi connectivity index (χ4n) is 2.94. The van der Waals surface area contributed by atoms with E-state index in [1.165, 1.54) is 12.8 Å². The molecule has 104 valence electrons. The van der Waals surface area contributed by atoms with Crippen LogP contribution in [0.4, 0.5) is 4.79 Å². The molecule has 2 rings (SSSR count). The number of hydrogen-bond acceptors (Lipinski definition) is 3. The van der Waals surface area contributed by atoms with Gasteiger partial charge in [-0.3, -0.25) is 0 Å². The lowest BCUT2D eigenvalue weighted by Crippen LogP contribution is -2.46. The Bertz CT molecular complexity index is 305. The number of likely N-dealkylation sites (tertiary alicyclic amines) is 1. The van der Waals surface area contributed by atoms with E-state index in [4.69, 9.17) is 5.73 Å². The summed E-state index contributed by atoms with van der Waals surface area (Å²) in [6, 6.07) is 0.367. The second kappa shape index (κ2) is 5.05. The van der Waals surface area contributed by atoms with Crippen LogP contribution in [0, 0.1) is 5.92 Å². The SMILES string of the molecule is CN1CCC(C2CN(CC(C)(C)N)C(=O)N2)CC1. The van der Waals surface area contributed by atoms with E-state index in [2.05, 4.69) is 17.3 Å². The molecule has 0 aromatic rings. The van der Waals surface area contributed by atoms with E-state index in [0.717, 1.165) is 19.6 Å². The molecule has 2 aliphatic heterocycles. The standard InChI is InChI=1S/C13H26N4O/c1-13(2,14)9-17-8-11(15-12(17)18)10-4-6-16(3)7-5-10/h10-11H,4-9,14H2,1-3H3,(H,15,18). The topological polar surface area (TPSA) is 61.6 Å². The Morgan fingerprint density at radius 2 is 2.00 bits per heavy atom.